The van der Waals surface area contributed by atoms with Gasteiger partial charge in [-0.2, -0.15) is 0 Å². The number of amides is 1. The molecule has 1 fully saturated rings. The van der Waals surface area contributed by atoms with Gasteiger partial charge in [0.2, 0.25) is 5.91 Å². The molecule has 0 aliphatic carbocycles. The van der Waals surface area contributed by atoms with Gasteiger partial charge in [0.1, 0.15) is 5.92 Å². The van der Waals surface area contributed by atoms with Crippen LogP contribution in [0.3, 0.4) is 0 Å². The molecule has 0 spiro atoms. The van der Waals surface area contributed by atoms with Crippen LogP contribution in [-0.2, 0) is 9.59 Å². The Hall–Kier alpha value is -1.71. The van der Waals surface area contributed by atoms with Gasteiger partial charge in [0.15, 0.2) is 5.78 Å². The number of aliphatic imine (C=N–C) groups is 1. The lowest BCUT2D eigenvalue weighted by molar-refractivity contribution is -0.140. The predicted octanol–water partition coefficient (Wildman–Crippen LogP) is 1.34. The molecule has 2 heterocycles. The standard InChI is InChI=1S/C13H16N2O2/c1-2-15-8-4-6-11(13(15)17)12(16)10-5-3-7-14-9-10/h2,5,9,11H,1,3-4,6-8H2. The predicted molar refractivity (Wildman–Crippen MR) is 65.7 cm³/mol. The molecular weight excluding hydrogens is 216 g/mol. The molecule has 2 aliphatic heterocycles. The van der Waals surface area contributed by atoms with Gasteiger partial charge in [-0.3, -0.25) is 14.6 Å². The fourth-order valence-electron chi connectivity index (χ4n) is 2.20. The molecular formula is C13H16N2O2. The van der Waals surface area contributed by atoms with Crippen LogP contribution in [0.1, 0.15) is 19.3 Å². The SMILES string of the molecule is C=CN1CCCC(C(=O)C2=CCCN=C2)C1=O. The lowest BCUT2D eigenvalue weighted by Crippen LogP contribution is -2.41. The zero-order valence-electron chi connectivity index (χ0n) is 9.76. The largest absolute Gasteiger partial charge is 0.319 e. The van der Waals surface area contributed by atoms with Crippen LogP contribution in [0.5, 0.6) is 0 Å². The Kier molecular flexibility index (Phi) is 3.52. The van der Waals surface area contributed by atoms with Crippen LogP contribution >= 0.6 is 0 Å². The third-order valence-electron chi connectivity index (χ3n) is 3.15. The van der Waals surface area contributed by atoms with Crippen molar-refractivity contribution in [3.05, 3.63) is 24.4 Å². The van der Waals surface area contributed by atoms with Crippen LogP contribution in [0.15, 0.2) is 29.4 Å². The van der Waals surface area contributed by atoms with Crippen molar-refractivity contribution in [1.82, 2.24) is 4.90 Å². The first kappa shape index (κ1) is 11.8. The van der Waals surface area contributed by atoms with Gasteiger partial charge in [-0.1, -0.05) is 12.7 Å². The number of nitrogens with zero attached hydrogens (tertiary/aromatic N) is 2. The number of ketones is 1. The van der Waals surface area contributed by atoms with Crippen molar-refractivity contribution in [2.24, 2.45) is 10.9 Å². The molecule has 0 aromatic heterocycles. The summed E-state index contributed by atoms with van der Waals surface area (Å²) in [5.41, 5.74) is 0.584. The minimum atomic E-state index is -0.544. The van der Waals surface area contributed by atoms with Crippen LogP contribution < -0.4 is 0 Å². The van der Waals surface area contributed by atoms with E-state index in [9.17, 15) is 9.59 Å². The quantitative estimate of drug-likeness (QED) is 0.689. The smallest absolute Gasteiger partial charge is 0.237 e. The van der Waals surface area contributed by atoms with Crippen LogP contribution in [0.2, 0.25) is 0 Å². The molecule has 0 radical (unpaired) electrons. The number of allylic oxidation sites excluding steroid dienone is 1. The Balaban J connectivity index is 2.13. The number of piperidine rings is 1. The van der Waals surface area contributed by atoms with Crippen LogP contribution in [0.25, 0.3) is 0 Å². The van der Waals surface area contributed by atoms with Crippen molar-refractivity contribution in [3.8, 4) is 0 Å². The average Bonchev–Trinajstić information content (AvgIpc) is 2.39. The van der Waals surface area contributed by atoms with E-state index in [0.717, 1.165) is 19.4 Å². The van der Waals surface area contributed by atoms with Gasteiger partial charge in [-0.05, 0) is 25.5 Å². The molecule has 0 aromatic carbocycles. The van der Waals surface area contributed by atoms with Crippen molar-refractivity contribution in [2.45, 2.75) is 19.3 Å². The summed E-state index contributed by atoms with van der Waals surface area (Å²) in [5.74, 6) is -0.765. The number of hydrogen-bond acceptors (Lipinski definition) is 3. The first-order chi connectivity index (χ1) is 8.24. The highest BCUT2D eigenvalue weighted by atomic mass is 16.2. The molecule has 1 amide bonds. The summed E-state index contributed by atoms with van der Waals surface area (Å²) >= 11 is 0. The summed E-state index contributed by atoms with van der Waals surface area (Å²) in [5, 5.41) is 0. The fourth-order valence-corrected chi connectivity index (χ4v) is 2.20. The molecule has 17 heavy (non-hydrogen) atoms. The molecule has 4 nitrogen and oxygen atoms in total. The highest BCUT2D eigenvalue weighted by molar-refractivity contribution is 6.20. The number of carbonyl (C=O) groups excluding carboxylic acids is 2. The molecule has 2 rings (SSSR count). The number of rotatable bonds is 3. The van der Waals surface area contributed by atoms with Crippen molar-refractivity contribution in [1.29, 1.82) is 0 Å². The molecule has 0 N–H and O–H groups in total. The van der Waals surface area contributed by atoms with Crippen molar-refractivity contribution in [2.75, 3.05) is 13.1 Å². The molecule has 4 heteroatoms. The maximum Gasteiger partial charge on any atom is 0.237 e. The minimum Gasteiger partial charge on any atom is -0.319 e. The molecule has 1 unspecified atom stereocenters. The van der Waals surface area contributed by atoms with Crippen molar-refractivity contribution >= 4 is 17.9 Å². The number of likely N-dealkylation sites (tertiary alicyclic amines) is 1. The molecule has 0 aromatic rings. The normalized spacial score (nSPS) is 24.5. The van der Waals surface area contributed by atoms with E-state index >= 15 is 0 Å². The Labute approximate surface area is 101 Å². The van der Waals surface area contributed by atoms with Gasteiger partial charge < -0.3 is 4.90 Å². The van der Waals surface area contributed by atoms with Crippen LogP contribution in [0.4, 0.5) is 0 Å². The lowest BCUT2D eigenvalue weighted by atomic mass is 9.88. The number of dihydropyridines is 1. The Morgan fingerprint density at radius 1 is 1.59 bits per heavy atom. The summed E-state index contributed by atoms with van der Waals surface area (Å²) in [6.45, 7) is 4.99. The van der Waals surface area contributed by atoms with E-state index in [-0.39, 0.29) is 11.7 Å². The second-order valence-electron chi connectivity index (χ2n) is 4.26. The molecule has 2 aliphatic rings. The van der Waals surface area contributed by atoms with Gasteiger partial charge in [0.25, 0.3) is 0 Å². The third kappa shape index (κ3) is 2.35. The molecule has 1 saturated heterocycles. The molecule has 0 bridgehead atoms. The zero-order valence-corrected chi connectivity index (χ0v) is 9.76. The highest BCUT2D eigenvalue weighted by Crippen LogP contribution is 2.22. The first-order valence-electron chi connectivity index (χ1n) is 5.91. The van der Waals surface area contributed by atoms with E-state index in [1.165, 1.54) is 11.1 Å². The Bertz CT molecular complexity index is 410. The second-order valence-corrected chi connectivity index (χ2v) is 4.26. The number of Topliss-reactive ketones (excluding diaryl/α,β-unsaturated/α-hetero) is 1. The Morgan fingerprint density at radius 3 is 3.06 bits per heavy atom. The van der Waals surface area contributed by atoms with E-state index in [0.29, 0.717) is 18.5 Å². The van der Waals surface area contributed by atoms with Gasteiger partial charge in [-0.25, -0.2) is 0 Å². The minimum absolute atomic E-state index is 0.0926. The third-order valence-corrected chi connectivity index (χ3v) is 3.15. The summed E-state index contributed by atoms with van der Waals surface area (Å²) in [6.07, 6.45) is 7.22. The monoisotopic (exact) mass is 232 g/mol. The van der Waals surface area contributed by atoms with Crippen LogP contribution in [0, 0.1) is 5.92 Å². The van der Waals surface area contributed by atoms with Crippen molar-refractivity contribution < 1.29 is 9.59 Å². The summed E-state index contributed by atoms with van der Waals surface area (Å²) < 4.78 is 0. The lowest BCUT2D eigenvalue weighted by Gasteiger charge is -2.29. The van der Waals surface area contributed by atoms with E-state index in [4.69, 9.17) is 0 Å². The van der Waals surface area contributed by atoms with Gasteiger partial charge >= 0.3 is 0 Å². The van der Waals surface area contributed by atoms with Gasteiger partial charge in [-0.15, -0.1) is 0 Å². The van der Waals surface area contributed by atoms with E-state index in [1.807, 2.05) is 6.08 Å². The summed E-state index contributed by atoms with van der Waals surface area (Å²) in [6, 6.07) is 0. The molecule has 90 valence electrons. The maximum absolute atomic E-state index is 12.2. The topological polar surface area (TPSA) is 49.7 Å². The highest BCUT2D eigenvalue weighted by Gasteiger charge is 2.34. The van der Waals surface area contributed by atoms with Crippen molar-refractivity contribution in [3.63, 3.8) is 0 Å². The number of hydrogen-bond donors (Lipinski definition) is 0. The van der Waals surface area contributed by atoms with E-state index < -0.39 is 5.92 Å². The Morgan fingerprint density at radius 2 is 2.41 bits per heavy atom. The zero-order chi connectivity index (χ0) is 12.3. The summed E-state index contributed by atoms with van der Waals surface area (Å²) in [4.78, 5) is 29.8. The molecule has 1 atom stereocenters. The second kappa shape index (κ2) is 5.08. The van der Waals surface area contributed by atoms with E-state index in [1.54, 1.807) is 6.21 Å². The van der Waals surface area contributed by atoms with Crippen LogP contribution in [-0.4, -0.2) is 35.9 Å². The van der Waals surface area contributed by atoms with Gasteiger partial charge in [0, 0.05) is 24.9 Å². The molecule has 0 saturated carbocycles. The number of carbonyl (C=O) groups is 2. The fraction of sp³-hybridized carbons (Fsp3) is 0.462. The average molecular weight is 232 g/mol. The maximum atomic E-state index is 12.2. The first-order valence-corrected chi connectivity index (χ1v) is 5.91. The summed E-state index contributed by atoms with van der Waals surface area (Å²) in [7, 11) is 0. The van der Waals surface area contributed by atoms with E-state index in [2.05, 4.69) is 11.6 Å². The van der Waals surface area contributed by atoms with Gasteiger partial charge in [0.05, 0.1) is 0 Å².